The summed E-state index contributed by atoms with van der Waals surface area (Å²) in [5.41, 5.74) is 10.4. The van der Waals surface area contributed by atoms with Gasteiger partial charge in [-0.05, 0) is 79.7 Å². The Bertz CT molecular complexity index is 3420. The van der Waals surface area contributed by atoms with Gasteiger partial charge in [0.05, 0.1) is 0 Å². The summed E-state index contributed by atoms with van der Waals surface area (Å²) < 4.78 is 16.4. The zero-order chi connectivity index (χ0) is 36.0. The average molecular weight is 719 g/mol. The molecule has 0 N–H and O–H groups in total. The molecular weight excluding hydrogens is 689 g/mol. The van der Waals surface area contributed by atoms with Crippen molar-refractivity contribution in [3.8, 4) is 44.7 Å². The van der Waals surface area contributed by atoms with E-state index in [0.29, 0.717) is 0 Å². The first-order valence-electron chi connectivity index (χ1n) is 18.7. The SMILES string of the molecule is c1ccc(-c2oc3c(ccc4c3oc3cccc(-c5c6ccccc6c(-c6ccc7c(c6)sc6ccccc67)c6ccccc56)c34)c2-c2ccccc2)cc1. The van der Waals surface area contributed by atoms with Crippen LogP contribution in [0.15, 0.2) is 191 Å². The summed E-state index contributed by atoms with van der Waals surface area (Å²) in [5.74, 6) is 0.844. The van der Waals surface area contributed by atoms with Crippen LogP contribution in [0, 0.1) is 0 Å². The Labute approximate surface area is 320 Å². The first-order valence-corrected chi connectivity index (χ1v) is 19.5. The minimum Gasteiger partial charge on any atom is -0.452 e. The molecule has 2 nitrogen and oxygen atoms in total. The molecule has 12 aromatic rings. The maximum absolute atomic E-state index is 6.89. The standard InChI is InChI=1S/C52H30O2S/c1-3-14-31(15-4-1)47-41-28-29-42-49-40(23-13-24-43(49)53-51(42)52(41)54-50(47)32-16-5-2-6-17-32)48-38-21-9-7-19-36(38)46(37-20-8-10-22-39(37)48)33-26-27-35-34-18-11-12-25-44(34)55-45(35)30-33/h1-30H. The Morgan fingerprint density at radius 1 is 0.327 bits per heavy atom. The van der Waals surface area contributed by atoms with Crippen LogP contribution in [0.5, 0.6) is 0 Å². The highest BCUT2D eigenvalue weighted by atomic mass is 32.1. The van der Waals surface area contributed by atoms with Crippen molar-refractivity contribution in [3.05, 3.63) is 182 Å². The van der Waals surface area contributed by atoms with E-state index in [0.717, 1.165) is 60.9 Å². The summed E-state index contributed by atoms with van der Waals surface area (Å²) in [4.78, 5) is 0. The van der Waals surface area contributed by atoms with Crippen LogP contribution >= 0.6 is 11.3 Å². The Hall–Kier alpha value is -6.94. The van der Waals surface area contributed by atoms with Gasteiger partial charge in [-0.1, -0.05) is 152 Å². The van der Waals surface area contributed by atoms with Gasteiger partial charge in [-0.3, -0.25) is 0 Å². The van der Waals surface area contributed by atoms with Crippen LogP contribution in [-0.4, -0.2) is 0 Å². The smallest absolute Gasteiger partial charge is 0.178 e. The molecule has 256 valence electrons. The molecule has 55 heavy (non-hydrogen) atoms. The molecule has 3 heterocycles. The van der Waals surface area contributed by atoms with Crippen LogP contribution in [-0.2, 0) is 0 Å². The van der Waals surface area contributed by atoms with Gasteiger partial charge >= 0.3 is 0 Å². The van der Waals surface area contributed by atoms with Crippen molar-refractivity contribution in [2.24, 2.45) is 0 Å². The molecule has 0 spiro atoms. The molecule has 0 atom stereocenters. The lowest BCUT2D eigenvalue weighted by Crippen LogP contribution is -1.91. The predicted molar refractivity (Wildman–Crippen MR) is 233 cm³/mol. The quantitative estimate of drug-likeness (QED) is 0.169. The number of fused-ring (bicyclic) bond motifs is 10. The molecule has 0 aliphatic rings. The van der Waals surface area contributed by atoms with Gasteiger partial charge in [-0.15, -0.1) is 11.3 Å². The molecule has 0 unspecified atom stereocenters. The third kappa shape index (κ3) is 4.48. The fourth-order valence-corrected chi connectivity index (χ4v) is 10.1. The van der Waals surface area contributed by atoms with Crippen molar-refractivity contribution in [2.75, 3.05) is 0 Å². The van der Waals surface area contributed by atoms with Gasteiger partial charge in [0.15, 0.2) is 11.2 Å². The van der Waals surface area contributed by atoms with E-state index in [-0.39, 0.29) is 0 Å². The topological polar surface area (TPSA) is 26.3 Å². The number of benzene rings is 9. The van der Waals surface area contributed by atoms with Crippen LogP contribution in [0.4, 0.5) is 0 Å². The van der Waals surface area contributed by atoms with E-state index < -0.39 is 0 Å². The highest BCUT2D eigenvalue weighted by Crippen LogP contribution is 2.50. The van der Waals surface area contributed by atoms with Crippen molar-refractivity contribution < 1.29 is 8.83 Å². The van der Waals surface area contributed by atoms with Crippen LogP contribution in [0.1, 0.15) is 0 Å². The van der Waals surface area contributed by atoms with Crippen molar-refractivity contribution in [1.82, 2.24) is 0 Å². The normalized spacial score (nSPS) is 12.0. The van der Waals surface area contributed by atoms with Gasteiger partial charge < -0.3 is 8.83 Å². The van der Waals surface area contributed by atoms with E-state index in [1.165, 1.54) is 58.4 Å². The molecular formula is C52H30O2S. The van der Waals surface area contributed by atoms with E-state index in [9.17, 15) is 0 Å². The second kappa shape index (κ2) is 11.8. The third-order valence-electron chi connectivity index (χ3n) is 11.3. The van der Waals surface area contributed by atoms with Gasteiger partial charge in [0.25, 0.3) is 0 Å². The molecule has 3 heteroatoms. The maximum atomic E-state index is 6.89. The fraction of sp³-hybridized carbons (Fsp3) is 0. The van der Waals surface area contributed by atoms with E-state index in [2.05, 4.69) is 176 Å². The molecule has 0 amide bonds. The molecule has 0 fully saturated rings. The summed E-state index contributed by atoms with van der Waals surface area (Å²) in [6.07, 6.45) is 0. The van der Waals surface area contributed by atoms with Crippen molar-refractivity contribution >= 4 is 86.0 Å². The Kier molecular flexibility index (Phi) is 6.54. The second-order valence-electron chi connectivity index (χ2n) is 14.3. The minimum absolute atomic E-state index is 0.763. The average Bonchev–Trinajstić information content (AvgIpc) is 3.95. The largest absolute Gasteiger partial charge is 0.452 e. The highest BCUT2D eigenvalue weighted by Gasteiger charge is 2.25. The Morgan fingerprint density at radius 3 is 1.62 bits per heavy atom. The van der Waals surface area contributed by atoms with Crippen LogP contribution < -0.4 is 0 Å². The van der Waals surface area contributed by atoms with Crippen LogP contribution in [0.3, 0.4) is 0 Å². The van der Waals surface area contributed by atoms with Gasteiger partial charge in [0, 0.05) is 47.5 Å². The lowest BCUT2D eigenvalue weighted by molar-refractivity contribution is 0.612. The van der Waals surface area contributed by atoms with E-state index >= 15 is 0 Å². The Morgan fingerprint density at radius 2 is 0.891 bits per heavy atom. The van der Waals surface area contributed by atoms with Crippen molar-refractivity contribution in [3.63, 3.8) is 0 Å². The molecule has 0 saturated heterocycles. The highest BCUT2D eigenvalue weighted by molar-refractivity contribution is 7.25. The maximum Gasteiger partial charge on any atom is 0.178 e. The van der Waals surface area contributed by atoms with Gasteiger partial charge in [-0.25, -0.2) is 0 Å². The van der Waals surface area contributed by atoms with Gasteiger partial charge in [0.2, 0.25) is 0 Å². The fourth-order valence-electron chi connectivity index (χ4n) is 8.94. The Balaban J connectivity index is 1.14. The molecule has 0 saturated carbocycles. The summed E-state index contributed by atoms with van der Waals surface area (Å²) >= 11 is 1.87. The van der Waals surface area contributed by atoms with E-state index in [1.54, 1.807) is 0 Å². The number of rotatable bonds is 4. The number of thiophene rings is 1. The molecule has 0 bridgehead atoms. The van der Waals surface area contributed by atoms with Gasteiger partial charge in [-0.2, -0.15) is 0 Å². The number of hydrogen-bond acceptors (Lipinski definition) is 3. The van der Waals surface area contributed by atoms with E-state index in [1.807, 2.05) is 17.4 Å². The summed E-state index contributed by atoms with van der Waals surface area (Å²) in [6, 6.07) is 65.3. The predicted octanol–water partition coefficient (Wildman–Crippen LogP) is 15.7. The van der Waals surface area contributed by atoms with Crippen LogP contribution in [0.2, 0.25) is 0 Å². The molecule has 0 aliphatic heterocycles. The number of hydrogen-bond donors (Lipinski definition) is 0. The summed E-state index contributed by atoms with van der Waals surface area (Å²) in [5, 5.41) is 10.7. The zero-order valence-corrected chi connectivity index (χ0v) is 30.4. The minimum atomic E-state index is 0.763. The summed E-state index contributed by atoms with van der Waals surface area (Å²) in [6.45, 7) is 0. The van der Waals surface area contributed by atoms with Crippen molar-refractivity contribution in [2.45, 2.75) is 0 Å². The molecule has 0 aliphatic carbocycles. The lowest BCUT2D eigenvalue weighted by atomic mass is 9.85. The molecule has 12 rings (SSSR count). The lowest BCUT2D eigenvalue weighted by Gasteiger charge is -2.18. The molecule has 3 aromatic heterocycles. The first kappa shape index (κ1) is 30.5. The zero-order valence-electron chi connectivity index (χ0n) is 29.5. The van der Waals surface area contributed by atoms with Crippen LogP contribution in [0.25, 0.3) is 119 Å². The molecule has 0 radical (unpaired) electrons. The van der Waals surface area contributed by atoms with Crippen molar-refractivity contribution in [1.29, 1.82) is 0 Å². The number of furan rings is 2. The van der Waals surface area contributed by atoms with E-state index in [4.69, 9.17) is 8.83 Å². The second-order valence-corrected chi connectivity index (χ2v) is 15.4. The van der Waals surface area contributed by atoms with Gasteiger partial charge in [0.1, 0.15) is 11.3 Å². The molecule has 9 aromatic carbocycles. The third-order valence-corrected chi connectivity index (χ3v) is 12.4. The first-order chi connectivity index (χ1) is 27.3. The summed E-state index contributed by atoms with van der Waals surface area (Å²) in [7, 11) is 0. The monoisotopic (exact) mass is 718 g/mol.